The highest BCUT2D eigenvalue weighted by molar-refractivity contribution is 5.93. The van der Waals surface area contributed by atoms with E-state index < -0.39 is 19.1 Å². The second kappa shape index (κ2) is 2.30. The standard InChI is InChI=1S/C5H7N3O/c1-6-5(9)4-2-7-8-3-4/h2-3H,1H3,(H,6,9)(H,7,8)/i1D3,2D,3D. The monoisotopic (exact) mass is 130 g/mol. The van der Waals surface area contributed by atoms with E-state index in [1.165, 1.54) is 0 Å². The first-order valence-corrected chi connectivity index (χ1v) is 2.15. The second-order valence-electron chi connectivity index (χ2n) is 1.29. The molecule has 1 heterocycles. The second-order valence-corrected chi connectivity index (χ2v) is 1.29. The number of rotatable bonds is 1. The Hall–Kier alpha value is -1.32. The van der Waals surface area contributed by atoms with Crippen molar-refractivity contribution in [2.24, 2.45) is 0 Å². The molecule has 0 aliphatic rings. The Morgan fingerprint density at radius 3 is 3.67 bits per heavy atom. The first kappa shape index (κ1) is 2.13. The van der Waals surface area contributed by atoms with E-state index in [1.54, 1.807) is 5.32 Å². The lowest BCUT2D eigenvalue weighted by Crippen LogP contribution is -2.16. The number of aromatic amines is 1. The predicted octanol–water partition coefficient (Wildman–Crippen LogP) is -0.231. The van der Waals surface area contributed by atoms with Gasteiger partial charge in [-0.2, -0.15) is 5.10 Å². The van der Waals surface area contributed by atoms with Crippen molar-refractivity contribution in [2.75, 3.05) is 6.98 Å². The van der Waals surface area contributed by atoms with Crippen LogP contribution in [0.4, 0.5) is 0 Å². The molecule has 0 atom stereocenters. The van der Waals surface area contributed by atoms with Gasteiger partial charge in [0, 0.05) is 17.3 Å². The molecule has 4 heteroatoms. The summed E-state index contributed by atoms with van der Waals surface area (Å²) in [7, 11) is 0. The predicted molar refractivity (Wildman–Crippen MR) is 32.0 cm³/mol. The molecule has 0 aliphatic carbocycles. The Morgan fingerprint density at radius 1 is 2.22 bits per heavy atom. The Bertz CT molecular complexity index is 337. The van der Waals surface area contributed by atoms with Crippen molar-refractivity contribution in [1.82, 2.24) is 15.5 Å². The zero-order valence-corrected chi connectivity index (χ0v) is 4.36. The number of hydrogen-bond acceptors (Lipinski definition) is 2. The smallest absolute Gasteiger partial charge is 0.254 e. The van der Waals surface area contributed by atoms with Gasteiger partial charge in [0.1, 0.15) is 0 Å². The molecule has 1 aromatic heterocycles. The van der Waals surface area contributed by atoms with Crippen LogP contribution in [0.3, 0.4) is 0 Å². The van der Waals surface area contributed by atoms with Crippen LogP contribution >= 0.6 is 0 Å². The fraction of sp³-hybridized carbons (Fsp3) is 0.200. The molecule has 1 amide bonds. The van der Waals surface area contributed by atoms with Crippen molar-refractivity contribution >= 4 is 5.91 Å². The highest BCUT2D eigenvalue weighted by Gasteiger charge is 2.00. The minimum Gasteiger partial charge on any atom is -0.355 e. The molecule has 0 radical (unpaired) electrons. The number of amides is 1. The normalized spacial score (nSPS) is 18.4. The van der Waals surface area contributed by atoms with Crippen LogP contribution < -0.4 is 5.32 Å². The summed E-state index contributed by atoms with van der Waals surface area (Å²) in [5.41, 5.74) is -0.374. The third-order valence-electron chi connectivity index (χ3n) is 0.745. The fourth-order valence-electron chi connectivity index (χ4n) is 0.366. The van der Waals surface area contributed by atoms with E-state index in [9.17, 15) is 4.79 Å². The van der Waals surface area contributed by atoms with E-state index >= 15 is 0 Å². The van der Waals surface area contributed by atoms with Gasteiger partial charge in [-0.3, -0.25) is 9.89 Å². The van der Waals surface area contributed by atoms with E-state index in [2.05, 4.69) is 10.2 Å². The maximum atomic E-state index is 11.2. The van der Waals surface area contributed by atoms with Crippen molar-refractivity contribution in [3.8, 4) is 0 Å². The maximum Gasteiger partial charge on any atom is 0.254 e. The number of H-pyrrole nitrogens is 1. The van der Waals surface area contributed by atoms with Crippen molar-refractivity contribution in [1.29, 1.82) is 0 Å². The van der Waals surface area contributed by atoms with Crippen LogP contribution in [0.5, 0.6) is 0 Å². The molecule has 9 heavy (non-hydrogen) atoms. The molecule has 0 bridgehead atoms. The summed E-state index contributed by atoms with van der Waals surface area (Å²) in [5.74, 6) is -1.01. The van der Waals surface area contributed by atoms with Crippen LogP contribution in [-0.2, 0) is 0 Å². The van der Waals surface area contributed by atoms with Gasteiger partial charge in [0.15, 0.2) is 0 Å². The van der Waals surface area contributed by atoms with E-state index in [1.807, 2.05) is 0 Å². The Morgan fingerprint density at radius 2 is 3.11 bits per heavy atom. The summed E-state index contributed by atoms with van der Waals surface area (Å²) >= 11 is 0. The van der Waals surface area contributed by atoms with Gasteiger partial charge in [0.25, 0.3) is 5.91 Å². The average molecular weight is 130 g/mol. The van der Waals surface area contributed by atoms with Crippen molar-refractivity contribution in [2.45, 2.75) is 0 Å². The van der Waals surface area contributed by atoms with Gasteiger partial charge >= 0.3 is 0 Å². The van der Waals surface area contributed by atoms with Crippen LogP contribution in [0.15, 0.2) is 12.3 Å². The van der Waals surface area contributed by atoms with Gasteiger partial charge in [-0.15, -0.1) is 0 Å². The van der Waals surface area contributed by atoms with Crippen LogP contribution in [0, 0.1) is 0 Å². The van der Waals surface area contributed by atoms with Crippen molar-refractivity contribution < 1.29 is 11.6 Å². The largest absolute Gasteiger partial charge is 0.355 e. The number of carbonyl (C=O) groups excluding carboxylic acids is 1. The van der Waals surface area contributed by atoms with Crippen molar-refractivity contribution in [3.63, 3.8) is 0 Å². The fourth-order valence-corrected chi connectivity index (χ4v) is 0.366. The number of nitrogens with zero attached hydrogens (tertiary/aromatic N) is 1. The summed E-state index contributed by atoms with van der Waals surface area (Å²) in [5, 5.41) is 7.03. The van der Waals surface area contributed by atoms with Gasteiger partial charge in [-0.1, -0.05) is 0 Å². The van der Waals surface area contributed by atoms with E-state index in [-0.39, 0.29) is 11.7 Å². The summed E-state index contributed by atoms with van der Waals surface area (Å²) in [6.45, 7) is -2.63. The molecule has 0 aromatic carbocycles. The molecule has 4 nitrogen and oxygen atoms in total. The minimum atomic E-state index is -2.63. The molecule has 0 unspecified atom stereocenters. The van der Waals surface area contributed by atoms with Crippen molar-refractivity contribution in [3.05, 3.63) is 17.9 Å². The van der Waals surface area contributed by atoms with Crippen LogP contribution in [0.2, 0.25) is 0 Å². The summed E-state index contributed by atoms with van der Waals surface area (Å²) < 4.78 is 34.5. The lowest BCUT2D eigenvalue weighted by molar-refractivity contribution is 0.0963. The van der Waals surface area contributed by atoms with Gasteiger partial charge in [0.2, 0.25) is 0 Å². The maximum absolute atomic E-state index is 11.2. The zero-order valence-electron chi connectivity index (χ0n) is 9.36. The Balaban J connectivity index is 2.90. The summed E-state index contributed by atoms with van der Waals surface area (Å²) in [4.78, 5) is 11.2. The molecular formula is C5H7N3O. The van der Waals surface area contributed by atoms with Crippen LogP contribution in [0.1, 0.15) is 17.2 Å². The lowest BCUT2D eigenvalue weighted by Gasteiger charge is -1.89. The van der Waals surface area contributed by atoms with E-state index in [0.717, 1.165) is 0 Å². The SMILES string of the molecule is [2H]c1n[nH]c([2H])c1C(=O)NC([2H])([2H])[2H]. The lowest BCUT2D eigenvalue weighted by atomic mass is 10.3. The molecule has 1 rings (SSSR count). The highest BCUT2D eigenvalue weighted by Crippen LogP contribution is 1.90. The molecular weight excluding hydrogens is 118 g/mol. The van der Waals surface area contributed by atoms with Gasteiger partial charge < -0.3 is 5.32 Å². The summed E-state index contributed by atoms with van der Waals surface area (Å²) in [6, 6.07) is 0. The van der Waals surface area contributed by atoms with Crippen LogP contribution in [0.25, 0.3) is 0 Å². The van der Waals surface area contributed by atoms with Gasteiger partial charge in [-0.25, -0.2) is 0 Å². The third kappa shape index (κ3) is 1.07. The molecule has 0 spiro atoms. The molecule has 2 N–H and O–H groups in total. The summed E-state index contributed by atoms with van der Waals surface area (Å²) in [6.07, 6.45) is -0.825. The van der Waals surface area contributed by atoms with Gasteiger partial charge in [0.05, 0.1) is 14.5 Å². The van der Waals surface area contributed by atoms with E-state index in [4.69, 9.17) is 6.85 Å². The molecule has 1 aromatic rings. The minimum absolute atomic E-state index is 0.374. The first-order chi connectivity index (χ1) is 6.31. The Labute approximate surface area is 59.3 Å². The number of nitrogens with one attached hydrogen (secondary N) is 2. The molecule has 0 fully saturated rings. The van der Waals surface area contributed by atoms with Gasteiger partial charge in [-0.05, 0) is 0 Å². The number of aromatic nitrogens is 2. The number of hydrogen-bond donors (Lipinski definition) is 2. The topological polar surface area (TPSA) is 57.8 Å². The molecule has 0 aliphatic heterocycles. The molecule has 0 saturated heterocycles. The van der Waals surface area contributed by atoms with E-state index in [0.29, 0.717) is 0 Å². The first-order valence-electron chi connectivity index (χ1n) is 4.65. The quantitative estimate of drug-likeness (QED) is 0.551. The average Bonchev–Trinajstić information content (AvgIpc) is 2.27. The molecule has 0 saturated carbocycles. The third-order valence-corrected chi connectivity index (χ3v) is 0.745. The highest BCUT2D eigenvalue weighted by atomic mass is 16.1. The number of carbonyl (C=O) groups is 1. The molecule has 48 valence electrons. The van der Waals surface area contributed by atoms with Crippen LogP contribution in [-0.4, -0.2) is 23.1 Å². The Kier molecular flexibility index (Phi) is 0.545. The zero-order chi connectivity index (χ0) is 10.9.